The molecule has 0 bridgehead atoms. The summed E-state index contributed by atoms with van der Waals surface area (Å²) in [5, 5.41) is 5.04. The molecule has 0 spiro atoms. The van der Waals surface area contributed by atoms with E-state index in [1.165, 1.54) is 36.5 Å². The van der Waals surface area contributed by atoms with Crippen molar-refractivity contribution in [3.8, 4) is 51.0 Å². The molecule has 0 fully saturated rings. The number of hydrogen-bond donors (Lipinski definition) is 0. The number of hydrogen-bond acceptors (Lipinski definition) is 4. The van der Waals surface area contributed by atoms with Crippen LogP contribution in [0.4, 0.5) is 0 Å². The van der Waals surface area contributed by atoms with Gasteiger partial charge in [0.05, 0.1) is 16.7 Å². The fourth-order valence-corrected chi connectivity index (χ4v) is 8.21. The minimum absolute atomic E-state index is 0.630. The van der Waals surface area contributed by atoms with Gasteiger partial charge in [-0.05, 0) is 47.5 Å². The van der Waals surface area contributed by atoms with Crippen molar-refractivity contribution in [3.05, 3.63) is 170 Å². The Morgan fingerprint density at radius 3 is 1.70 bits per heavy atom. The van der Waals surface area contributed by atoms with Gasteiger partial charge in [0.15, 0.2) is 17.5 Å². The van der Waals surface area contributed by atoms with Crippen LogP contribution in [0.25, 0.3) is 93.0 Å². The van der Waals surface area contributed by atoms with Crippen LogP contribution in [0.1, 0.15) is 0 Å². The predicted octanol–water partition coefficient (Wildman–Crippen LogP) is 12.0. The number of rotatable bonds is 5. The molecule has 10 rings (SSSR count). The molecule has 7 aromatic carbocycles. The quantitative estimate of drug-likeness (QED) is 0.185. The summed E-state index contributed by atoms with van der Waals surface area (Å²) in [6.45, 7) is 0. The van der Waals surface area contributed by atoms with E-state index in [1.807, 2.05) is 35.6 Å². The second-order valence-electron chi connectivity index (χ2n) is 12.4. The average Bonchev–Trinajstić information content (AvgIpc) is 3.72. The van der Waals surface area contributed by atoms with Crippen molar-refractivity contribution in [1.29, 1.82) is 0 Å². The molecule has 0 radical (unpaired) electrons. The van der Waals surface area contributed by atoms with Crippen molar-refractivity contribution in [2.24, 2.45) is 0 Å². The molecular weight excluding hydrogens is 629 g/mol. The number of aromatic nitrogens is 4. The van der Waals surface area contributed by atoms with E-state index < -0.39 is 0 Å². The Kier molecular flexibility index (Phi) is 6.64. The van der Waals surface area contributed by atoms with Crippen molar-refractivity contribution in [1.82, 2.24) is 19.5 Å². The Morgan fingerprint density at radius 1 is 0.360 bits per heavy atom. The van der Waals surface area contributed by atoms with Gasteiger partial charge in [0, 0.05) is 47.6 Å². The van der Waals surface area contributed by atoms with Gasteiger partial charge in [-0.2, -0.15) is 0 Å². The normalized spacial score (nSPS) is 11.6. The summed E-state index contributed by atoms with van der Waals surface area (Å²) in [4.78, 5) is 15.3. The predicted molar refractivity (Wildman–Crippen MR) is 209 cm³/mol. The summed E-state index contributed by atoms with van der Waals surface area (Å²) in [6.07, 6.45) is 0. The molecule has 3 aromatic heterocycles. The fourth-order valence-electron chi connectivity index (χ4n) is 7.09. The highest BCUT2D eigenvalue weighted by atomic mass is 32.1. The first-order valence-electron chi connectivity index (χ1n) is 16.7. The molecule has 0 atom stereocenters. The van der Waals surface area contributed by atoms with Crippen molar-refractivity contribution in [3.63, 3.8) is 0 Å². The molecule has 5 heteroatoms. The van der Waals surface area contributed by atoms with Crippen LogP contribution in [-0.4, -0.2) is 19.5 Å². The van der Waals surface area contributed by atoms with Gasteiger partial charge in [-0.25, -0.2) is 15.0 Å². The van der Waals surface area contributed by atoms with E-state index >= 15 is 0 Å². The van der Waals surface area contributed by atoms with E-state index in [9.17, 15) is 0 Å². The van der Waals surface area contributed by atoms with Crippen molar-refractivity contribution >= 4 is 53.3 Å². The molecule has 0 aliphatic heterocycles. The summed E-state index contributed by atoms with van der Waals surface area (Å²) in [5.41, 5.74) is 8.47. The van der Waals surface area contributed by atoms with Crippen molar-refractivity contribution < 1.29 is 0 Å². The van der Waals surface area contributed by atoms with E-state index in [0.717, 1.165) is 39.0 Å². The first kappa shape index (κ1) is 28.6. The standard InChI is InChI=1S/C45H28N4S/c1-3-13-29(14-4-1)30-23-25-32(26-24-30)44-46-43(31-15-5-2-6-16-31)47-45(48-44)35-19-8-11-21-39(35)49-38-20-10-7-17-33(38)36-27-37-34-18-9-12-22-41(34)50-42(37)28-40(36)49/h1-28H. The molecule has 0 saturated carbocycles. The number of nitrogens with zero attached hydrogens (tertiary/aromatic N) is 4. The summed E-state index contributed by atoms with van der Waals surface area (Å²) in [6, 6.07) is 59.6. The Bertz CT molecular complexity index is 2850. The summed E-state index contributed by atoms with van der Waals surface area (Å²) < 4.78 is 4.95. The van der Waals surface area contributed by atoms with Crippen LogP contribution in [0.5, 0.6) is 0 Å². The zero-order valence-corrected chi connectivity index (χ0v) is 27.7. The van der Waals surface area contributed by atoms with Gasteiger partial charge in [-0.1, -0.05) is 133 Å². The minimum Gasteiger partial charge on any atom is -0.308 e. The van der Waals surface area contributed by atoms with Crippen LogP contribution in [0, 0.1) is 0 Å². The lowest BCUT2D eigenvalue weighted by Crippen LogP contribution is -2.03. The third kappa shape index (κ3) is 4.71. The highest BCUT2D eigenvalue weighted by molar-refractivity contribution is 7.25. The highest BCUT2D eigenvalue weighted by Gasteiger charge is 2.20. The van der Waals surface area contributed by atoms with Crippen LogP contribution in [-0.2, 0) is 0 Å². The zero-order chi connectivity index (χ0) is 33.0. The highest BCUT2D eigenvalue weighted by Crippen LogP contribution is 2.42. The maximum atomic E-state index is 5.18. The zero-order valence-electron chi connectivity index (χ0n) is 26.9. The lowest BCUT2D eigenvalue weighted by molar-refractivity contribution is 1.06. The third-order valence-corrected chi connectivity index (χ3v) is 10.6. The molecule has 0 saturated heterocycles. The summed E-state index contributed by atoms with van der Waals surface area (Å²) in [7, 11) is 0. The van der Waals surface area contributed by atoms with Gasteiger partial charge in [0.25, 0.3) is 0 Å². The molecule has 4 nitrogen and oxygen atoms in total. The van der Waals surface area contributed by atoms with Crippen LogP contribution in [0.15, 0.2) is 170 Å². The second-order valence-corrected chi connectivity index (χ2v) is 13.5. The van der Waals surface area contributed by atoms with Gasteiger partial charge in [0.2, 0.25) is 0 Å². The Balaban J connectivity index is 1.20. The molecule has 3 heterocycles. The number of thiophene rings is 1. The van der Waals surface area contributed by atoms with Crippen LogP contribution < -0.4 is 0 Å². The molecule has 0 aliphatic rings. The van der Waals surface area contributed by atoms with Gasteiger partial charge in [-0.15, -0.1) is 11.3 Å². The van der Waals surface area contributed by atoms with E-state index in [0.29, 0.717) is 17.5 Å². The van der Waals surface area contributed by atoms with Gasteiger partial charge >= 0.3 is 0 Å². The van der Waals surface area contributed by atoms with E-state index in [-0.39, 0.29) is 0 Å². The second kappa shape index (κ2) is 11.6. The smallest absolute Gasteiger partial charge is 0.166 e. The molecule has 10 aromatic rings. The molecule has 234 valence electrons. The van der Waals surface area contributed by atoms with Gasteiger partial charge < -0.3 is 4.57 Å². The first-order chi connectivity index (χ1) is 24.8. The van der Waals surface area contributed by atoms with Crippen LogP contribution in [0.3, 0.4) is 0 Å². The van der Waals surface area contributed by atoms with Gasteiger partial charge in [-0.3, -0.25) is 0 Å². The number of para-hydroxylation sites is 2. The largest absolute Gasteiger partial charge is 0.308 e. The number of benzene rings is 7. The maximum Gasteiger partial charge on any atom is 0.166 e. The molecule has 0 aliphatic carbocycles. The Labute approximate surface area is 292 Å². The fraction of sp³-hybridized carbons (Fsp3) is 0. The lowest BCUT2D eigenvalue weighted by Gasteiger charge is -2.14. The monoisotopic (exact) mass is 656 g/mol. The van der Waals surface area contributed by atoms with E-state index in [1.54, 1.807) is 0 Å². The van der Waals surface area contributed by atoms with Crippen LogP contribution in [0.2, 0.25) is 0 Å². The topological polar surface area (TPSA) is 43.6 Å². The van der Waals surface area contributed by atoms with Crippen molar-refractivity contribution in [2.45, 2.75) is 0 Å². The molecule has 0 unspecified atom stereocenters. The number of fused-ring (bicyclic) bond motifs is 6. The van der Waals surface area contributed by atoms with Gasteiger partial charge in [0.1, 0.15) is 0 Å². The van der Waals surface area contributed by atoms with E-state index in [2.05, 4.69) is 150 Å². The summed E-state index contributed by atoms with van der Waals surface area (Å²) in [5.74, 6) is 1.91. The molecule has 50 heavy (non-hydrogen) atoms. The SMILES string of the molecule is c1ccc(-c2ccc(-c3nc(-c4ccccc4)nc(-c4ccccc4-n4c5ccccc5c5cc6c(cc54)sc4ccccc46)n3)cc2)cc1. The van der Waals surface area contributed by atoms with Crippen molar-refractivity contribution in [2.75, 3.05) is 0 Å². The first-order valence-corrected chi connectivity index (χ1v) is 17.5. The third-order valence-electron chi connectivity index (χ3n) is 9.47. The lowest BCUT2D eigenvalue weighted by atomic mass is 10.0. The summed E-state index contributed by atoms with van der Waals surface area (Å²) >= 11 is 1.84. The minimum atomic E-state index is 0.630. The molecule has 0 N–H and O–H groups in total. The molecular formula is C45H28N4S. The maximum absolute atomic E-state index is 5.18. The Morgan fingerprint density at radius 2 is 0.920 bits per heavy atom. The molecule has 0 amide bonds. The Hall–Kier alpha value is -6.43. The average molecular weight is 657 g/mol. The van der Waals surface area contributed by atoms with E-state index in [4.69, 9.17) is 15.0 Å². The van der Waals surface area contributed by atoms with Crippen LogP contribution >= 0.6 is 11.3 Å².